The Labute approximate surface area is 89.3 Å². The minimum Gasteiger partial charge on any atom is -0.508 e. The lowest BCUT2D eigenvalue weighted by Gasteiger charge is -2.35. The zero-order chi connectivity index (χ0) is 10.9. The maximum atomic E-state index is 9.67. The fourth-order valence-electron chi connectivity index (χ4n) is 2.24. The second kappa shape index (κ2) is 3.83. The molecule has 15 heavy (non-hydrogen) atoms. The first-order valence-corrected chi connectivity index (χ1v) is 5.16. The Morgan fingerprint density at radius 2 is 2.27 bits per heavy atom. The molecule has 3 nitrogen and oxygen atoms in total. The lowest BCUT2D eigenvalue weighted by molar-refractivity contribution is -0.0608. The van der Waals surface area contributed by atoms with Gasteiger partial charge in [0.25, 0.3) is 0 Å². The maximum Gasteiger partial charge on any atom is 0.119 e. The van der Waals surface area contributed by atoms with Crippen molar-refractivity contribution >= 4 is 0 Å². The van der Waals surface area contributed by atoms with Gasteiger partial charge in [0, 0.05) is 13.5 Å². The van der Waals surface area contributed by atoms with Gasteiger partial charge < -0.3 is 14.9 Å². The molecule has 1 unspecified atom stereocenters. The van der Waals surface area contributed by atoms with Crippen LogP contribution in [0.3, 0.4) is 0 Å². The van der Waals surface area contributed by atoms with Gasteiger partial charge in [-0.05, 0) is 30.0 Å². The van der Waals surface area contributed by atoms with Crippen molar-refractivity contribution in [1.29, 1.82) is 0 Å². The maximum absolute atomic E-state index is 9.67. The van der Waals surface area contributed by atoms with Crippen molar-refractivity contribution in [3.05, 3.63) is 29.3 Å². The minimum atomic E-state index is -0.458. The number of aliphatic hydroxyl groups excluding tert-OH is 1. The molecule has 1 atom stereocenters. The second-order valence-electron chi connectivity index (χ2n) is 4.14. The summed E-state index contributed by atoms with van der Waals surface area (Å²) in [6.07, 6.45) is 2.19. The molecule has 0 bridgehead atoms. The van der Waals surface area contributed by atoms with Crippen LogP contribution in [0.25, 0.3) is 0 Å². The largest absolute Gasteiger partial charge is 0.508 e. The van der Waals surface area contributed by atoms with E-state index in [0.717, 1.165) is 24.0 Å². The molecular formula is C12H16O3. The Bertz CT molecular complexity index is 356. The van der Waals surface area contributed by atoms with Gasteiger partial charge in [0.05, 0.1) is 12.2 Å². The summed E-state index contributed by atoms with van der Waals surface area (Å²) in [5.74, 6) is 0.357. The number of aromatic hydroxyl groups is 1. The van der Waals surface area contributed by atoms with Crippen LogP contribution < -0.4 is 0 Å². The zero-order valence-corrected chi connectivity index (χ0v) is 8.86. The first kappa shape index (κ1) is 10.5. The van der Waals surface area contributed by atoms with E-state index in [-0.39, 0.29) is 6.61 Å². The van der Waals surface area contributed by atoms with Gasteiger partial charge in [-0.2, -0.15) is 0 Å². The Kier molecular flexibility index (Phi) is 2.67. The van der Waals surface area contributed by atoms with Gasteiger partial charge in [0.2, 0.25) is 0 Å². The standard InChI is InChI=1S/C12H16O3/c1-15-12(8-13)6-5-10-9(7-12)3-2-4-11(10)14/h2-4,13-14H,5-8H2,1H3. The molecule has 2 rings (SSSR count). The van der Waals surface area contributed by atoms with Crippen molar-refractivity contribution in [1.82, 2.24) is 0 Å². The molecule has 1 aromatic carbocycles. The molecule has 0 saturated carbocycles. The summed E-state index contributed by atoms with van der Waals surface area (Å²) in [6.45, 7) is 0.0264. The molecule has 1 aromatic rings. The molecule has 0 aliphatic heterocycles. The van der Waals surface area contributed by atoms with Crippen molar-refractivity contribution < 1.29 is 14.9 Å². The highest BCUT2D eigenvalue weighted by molar-refractivity contribution is 5.42. The van der Waals surface area contributed by atoms with Crippen molar-refractivity contribution in [2.75, 3.05) is 13.7 Å². The van der Waals surface area contributed by atoms with Crippen LogP contribution in [0.15, 0.2) is 18.2 Å². The lowest BCUT2D eigenvalue weighted by Crippen LogP contribution is -2.41. The fraction of sp³-hybridized carbons (Fsp3) is 0.500. The average Bonchev–Trinajstić information content (AvgIpc) is 2.29. The molecule has 0 radical (unpaired) electrons. The fourth-order valence-corrected chi connectivity index (χ4v) is 2.24. The monoisotopic (exact) mass is 208 g/mol. The quantitative estimate of drug-likeness (QED) is 0.769. The molecule has 1 aliphatic rings. The van der Waals surface area contributed by atoms with E-state index < -0.39 is 5.60 Å². The third-order valence-electron chi connectivity index (χ3n) is 3.31. The topological polar surface area (TPSA) is 49.7 Å². The molecule has 0 saturated heterocycles. The average molecular weight is 208 g/mol. The number of hydrogen-bond acceptors (Lipinski definition) is 3. The van der Waals surface area contributed by atoms with Gasteiger partial charge >= 0.3 is 0 Å². The van der Waals surface area contributed by atoms with E-state index >= 15 is 0 Å². The first-order chi connectivity index (χ1) is 7.21. The highest BCUT2D eigenvalue weighted by atomic mass is 16.5. The van der Waals surface area contributed by atoms with Crippen LogP contribution >= 0.6 is 0 Å². The lowest BCUT2D eigenvalue weighted by atomic mass is 9.80. The van der Waals surface area contributed by atoms with E-state index in [4.69, 9.17) is 4.74 Å². The van der Waals surface area contributed by atoms with Gasteiger partial charge in [-0.15, -0.1) is 0 Å². The third kappa shape index (κ3) is 1.73. The normalized spacial score (nSPS) is 24.9. The van der Waals surface area contributed by atoms with Gasteiger partial charge in [0.1, 0.15) is 5.75 Å². The molecule has 0 heterocycles. The highest BCUT2D eigenvalue weighted by Gasteiger charge is 2.34. The molecule has 0 amide bonds. The highest BCUT2D eigenvalue weighted by Crippen LogP contribution is 2.34. The molecular weight excluding hydrogens is 192 g/mol. The summed E-state index contributed by atoms with van der Waals surface area (Å²) in [4.78, 5) is 0. The predicted molar refractivity (Wildman–Crippen MR) is 57.0 cm³/mol. The van der Waals surface area contributed by atoms with Crippen LogP contribution in [0, 0.1) is 0 Å². The molecule has 1 aliphatic carbocycles. The second-order valence-corrected chi connectivity index (χ2v) is 4.14. The number of methoxy groups -OCH3 is 1. The number of rotatable bonds is 2. The summed E-state index contributed by atoms with van der Waals surface area (Å²) < 4.78 is 5.39. The Morgan fingerprint density at radius 3 is 2.93 bits per heavy atom. The van der Waals surface area contributed by atoms with Crippen LogP contribution in [-0.2, 0) is 17.6 Å². The van der Waals surface area contributed by atoms with Crippen LogP contribution in [0.5, 0.6) is 5.75 Å². The summed E-state index contributed by atoms with van der Waals surface area (Å²) in [5.41, 5.74) is 1.62. The number of hydrogen-bond donors (Lipinski definition) is 2. The van der Waals surface area contributed by atoms with Crippen LogP contribution in [0.4, 0.5) is 0 Å². The Balaban J connectivity index is 2.34. The summed E-state index contributed by atoms with van der Waals surface area (Å²) in [6, 6.07) is 5.52. The van der Waals surface area contributed by atoms with Crippen molar-refractivity contribution in [3.63, 3.8) is 0 Å². The molecule has 0 spiro atoms. The van der Waals surface area contributed by atoms with Gasteiger partial charge in [0.15, 0.2) is 0 Å². The van der Waals surface area contributed by atoms with E-state index in [1.54, 1.807) is 13.2 Å². The molecule has 0 fully saturated rings. The van der Waals surface area contributed by atoms with Crippen LogP contribution in [-0.4, -0.2) is 29.5 Å². The molecule has 82 valence electrons. The van der Waals surface area contributed by atoms with Crippen LogP contribution in [0.2, 0.25) is 0 Å². The van der Waals surface area contributed by atoms with Crippen LogP contribution in [0.1, 0.15) is 17.5 Å². The Morgan fingerprint density at radius 1 is 1.47 bits per heavy atom. The predicted octanol–water partition coefficient (Wildman–Crippen LogP) is 1.26. The smallest absolute Gasteiger partial charge is 0.119 e. The number of benzene rings is 1. The summed E-state index contributed by atoms with van der Waals surface area (Å²) >= 11 is 0. The summed E-state index contributed by atoms with van der Waals surface area (Å²) in [7, 11) is 1.63. The third-order valence-corrected chi connectivity index (χ3v) is 3.31. The van der Waals surface area contributed by atoms with E-state index in [1.165, 1.54) is 0 Å². The number of phenolic OH excluding ortho intramolecular Hbond substituents is 1. The number of fused-ring (bicyclic) bond motifs is 1. The number of aliphatic hydroxyl groups is 1. The van der Waals surface area contributed by atoms with Crippen molar-refractivity contribution in [2.24, 2.45) is 0 Å². The SMILES string of the molecule is COC1(CO)CCc2c(O)cccc2C1. The molecule has 0 aromatic heterocycles. The van der Waals surface area contributed by atoms with E-state index in [1.807, 2.05) is 12.1 Å². The van der Waals surface area contributed by atoms with Gasteiger partial charge in [-0.3, -0.25) is 0 Å². The Hall–Kier alpha value is -1.06. The first-order valence-electron chi connectivity index (χ1n) is 5.16. The van der Waals surface area contributed by atoms with Gasteiger partial charge in [-0.25, -0.2) is 0 Å². The molecule has 2 N–H and O–H groups in total. The van der Waals surface area contributed by atoms with E-state index in [2.05, 4.69) is 0 Å². The zero-order valence-electron chi connectivity index (χ0n) is 8.86. The number of phenols is 1. The van der Waals surface area contributed by atoms with Crippen molar-refractivity contribution in [2.45, 2.75) is 24.9 Å². The number of ether oxygens (including phenoxy) is 1. The van der Waals surface area contributed by atoms with Crippen molar-refractivity contribution in [3.8, 4) is 5.75 Å². The van der Waals surface area contributed by atoms with E-state index in [0.29, 0.717) is 12.2 Å². The minimum absolute atomic E-state index is 0.0264. The summed E-state index contributed by atoms with van der Waals surface area (Å²) in [5, 5.41) is 19.0. The molecule has 3 heteroatoms. The van der Waals surface area contributed by atoms with Gasteiger partial charge in [-0.1, -0.05) is 12.1 Å². The van der Waals surface area contributed by atoms with E-state index in [9.17, 15) is 10.2 Å².